The Kier molecular flexibility index (Phi) is 5.90. The van der Waals surface area contributed by atoms with Crippen LogP contribution in [-0.2, 0) is 14.8 Å². The zero-order chi connectivity index (χ0) is 18.6. The van der Waals surface area contributed by atoms with Gasteiger partial charge in [0.15, 0.2) is 0 Å². The van der Waals surface area contributed by atoms with E-state index >= 15 is 0 Å². The third-order valence-electron chi connectivity index (χ3n) is 4.44. The quantitative estimate of drug-likeness (QED) is 0.789. The van der Waals surface area contributed by atoms with E-state index < -0.39 is 10.0 Å². The highest BCUT2D eigenvalue weighted by Gasteiger charge is 2.27. The summed E-state index contributed by atoms with van der Waals surface area (Å²) in [5, 5.41) is 4.68. The van der Waals surface area contributed by atoms with Crippen LogP contribution in [-0.4, -0.2) is 31.7 Å². The number of carbonyl (C=O) groups is 1. The fraction of sp³-hybridized carbons (Fsp3) is 0.316. The number of sulfonamides is 1. The number of thiophene rings is 1. The summed E-state index contributed by atoms with van der Waals surface area (Å²) in [7, 11) is -3.46. The lowest BCUT2D eigenvalue weighted by Crippen LogP contribution is -2.37. The van der Waals surface area contributed by atoms with Crippen molar-refractivity contribution in [1.82, 2.24) is 4.31 Å². The van der Waals surface area contributed by atoms with E-state index in [1.807, 2.05) is 17.5 Å². The van der Waals surface area contributed by atoms with Gasteiger partial charge in [-0.15, -0.1) is 11.3 Å². The molecule has 138 valence electrons. The van der Waals surface area contributed by atoms with E-state index in [0.717, 1.165) is 17.7 Å². The van der Waals surface area contributed by atoms with Crippen LogP contribution in [0.25, 0.3) is 6.08 Å². The van der Waals surface area contributed by atoms with Crippen molar-refractivity contribution in [3.05, 3.63) is 52.7 Å². The van der Waals surface area contributed by atoms with E-state index in [2.05, 4.69) is 12.2 Å². The van der Waals surface area contributed by atoms with Crippen LogP contribution in [0.4, 0.5) is 5.69 Å². The summed E-state index contributed by atoms with van der Waals surface area (Å²) in [6.45, 7) is 3.28. The van der Waals surface area contributed by atoms with E-state index in [1.165, 1.54) is 6.08 Å². The fourth-order valence-electron chi connectivity index (χ4n) is 2.81. The Balaban J connectivity index is 1.63. The van der Waals surface area contributed by atoms with Crippen LogP contribution in [0.15, 0.2) is 52.7 Å². The van der Waals surface area contributed by atoms with Crippen LogP contribution in [0, 0.1) is 5.92 Å². The Bertz CT molecular complexity index is 864. The lowest BCUT2D eigenvalue weighted by Gasteiger charge is -2.29. The Hall–Kier alpha value is -1.96. The van der Waals surface area contributed by atoms with Crippen molar-refractivity contribution in [1.29, 1.82) is 0 Å². The molecule has 26 heavy (non-hydrogen) atoms. The molecule has 1 fully saturated rings. The van der Waals surface area contributed by atoms with Gasteiger partial charge in [0.05, 0.1) is 4.90 Å². The van der Waals surface area contributed by atoms with Gasteiger partial charge in [-0.05, 0) is 60.5 Å². The molecule has 0 atom stereocenters. The molecule has 5 nitrogen and oxygen atoms in total. The predicted octanol–water partition coefficient (Wildman–Crippen LogP) is 3.82. The van der Waals surface area contributed by atoms with Crippen molar-refractivity contribution in [3.63, 3.8) is 0 Å². The van der Waals surface area contributed by atoms with Gasteiger partial charge < -0.3 is 5.32 Å². The fourth-order valence-corrected chi connectivity index (χ4v) is 4.90. The Labute approximate surface area is 158 Å². The van der Waals surface area contributed by atoms with Gasteiger partial charge in [0, 0.05) is 29.7 Å². The van der Waals surface area contributed by atoms with Crippen LogP contribution in [0.2, 0.25) is 0 Å². The SMILES string of the molecule is CC1CCN(S(=O)(=O)c2ccc(NC(=O)C=Cc3cccs3)cc2)CC1. The molecule has 2 aromatic rings. The minimum Gasteiger partial charge on any atom is -0.323 e. The van der Waals surface area contributed by atoms with Crippen LogP contribution >= 0.6 is 11.3 Å². The molecule has 0 saturated carbocycles. The molecule has 0 unspecified atom stereocenters. The first-order chi connectivity index (χ1) is 12.4. The summed E-state index contributed by atoms with van der Waals surface area (Å²) in [4.78, 5) is 13.2. The van der Waals surface area contributed by atoms with Crippen molar-refractivity contribution < 1.29 is 13.2 Å². The number of amides is 1. The first-order valence-corrected chi connectivity index (χ1v) is 10.9. The highest BCUT2D eigenvalue weighted by atomic mass is 32.2. The maximum atomic E-state index is 12.7. The first kappa shape index (κ1) is 18.8. The molecule has 1 aliphatic rings. The Morgan fingerprint density at radius 3 is 2.50 bits per heavy atom. The highest BCUT2D eigenvalue weighted by molar-refractivity contribution is 7.89. The number of hydrogen-bond donors (Lipinski definition) is 1. The molecule has 1 amide bonds. The molecule has 0 aliphatic carbocycles. The molecule has 2 heterocycles. The van der Waals surface area contributed by atoms with Gasteiger partial charge in [0.25, 0.3) is 0 Å². The van der Waals surface area contributed by atoms with E-state index in [-0.39, 0.29) is 10.8 Å². The molecule has 1 N–H and O–H groups in total. The van der Waals surface area contributed by atoms with Gasteiger partial charge in [-0.1, -0.05) is 13.0 Å². The van der Waals surface area contributed by atoms with Crippen molar-refractivity contribution in [2.24, 2.45) is 5.92 Å². The zero-order valence-electron chi connectivity index (χ0n) is 14.6. The third kappa shape index (κ3) is 4.60. The molecular formula is C19H22N2O3S2. The van der Waals surface area contributed by atoms with Gasteiger partial charge >= 0.3 is 0 Å². The molecule has 7 heteroatoms. The third-order valence-corrected chi connectivity index (χ3v) is 7.19. The van der Waals surface area contributed by atoms with Gasteiger partial charge in [-0.25, -0.2) is 8.42 Å². The second-order valence-electron chi connectivity index (χ2n) is 6.45. The minimum atomic E-state index is -3.46. The number of carbonyl (C=O) groups excluding carboxylic acids is 1. The van der Waals surface area contributed by atoms with Crippen molar-refractivity contribution in [3.8, 4) is 0 Å². The smallest absolute Gasteiger partial charge is 0.248 e. The predicted molar refractivity (Wildman–Crippen MR) is 106 cm³/mol. The second-order valence-corrected chi connectivity index (χ2v) is 9.37. The summed E-state index contributed by atoms with van der Waals surface area (Å²) in [6, 6.07) is 10.2. The topological polar surface area (TPSA) is 66.5 Å². The van der Waals surface area contributed by atoms with Crippen molar-refractivity contribution >= 4 is 39.0 Å². The maximum Gasteiger partial charge on any atom is 0.248 e. The van der Waals surface area contributed by atoms with Crippen LogP contribution in [0.1, 0.15) is 24.6 Å². The Morgan fingerprint density at radius 1 is 1.19 bits per heavy atom. The monoisotopic (exact) mass is 390 g/mol. The lowest BCUT2D eigenvalue weighted by molar-refractivity contribution is -0.111. The van der Waals surface area contributed by atoms with E-state index in [9.17, 15) is 13.2 Å². The Morgan fingerprint density at radius 2 is 1.88 bits per heavy atom. The number of anilines is 1. The largest absolute Gasteiger partial charge is 0.323 e. The normalized spacial score (nSPS) is 16.8. The molecule has 0 radical (unpaired) electrons. The van der Waals surface area contributed by atoms with Gasteiger partial charge in [-0.3, -0.25) is 4.79 Å². The van der Waals surface area contributed by atoms with Crippen LogP contribution < -0.4 is 5.32 Å². The standard InChI is InChI=1S/C19H22N2O3S2/c1-15-10-12-21(13-11-15)26(23,24)18-7-4-16(5-8-18)20-19(22)9-6-17-3-2-14-25-17/h2-9,14-15H,10-13H2,1H3,(H,20,22). The van der Waals surface area contributed by atoms with Crippen LogP contribution in [0.5, 0.6) is 0 Å². The number of benzene rings is 1. The van der Waals surface area contributed by atoms with Gasteiger partial charge in [0.1, 0.15) is 0 Å². The summed E-state index contributed by atoms with van der Waals surface area (Å²) in [5.41, 5.74) is 0.567. The number of piperidine rings is 1. The number of hydrogen-bond acceptors (Lipinski definition) is 4. The van der Waals surface area contributed by atoms with E-state index in [1.54, 1.807) is 46.0 Å². The van der Waals surface area contributed by atoms with Crippen molar-refractivity contribution in [2.45, 2.75) is 24.7 Å². The molecule has 3 rings (SSSR count). The number of nitrogens with one attached hydrogen (secondary N) is 1. The number of nitrogens with zero attached hydrogens (tertiary/aromatic N) is 1. The number of rotatable bonds is 5. The molecule has 0 spiro atoms. The lowest BCUT2D eigenvalue weighted by atomic mass is 10.0. The first-order valence-electron chi connectivity index (χ1n) is 8.58. The minimum absolute atomic E-state index is 0.251. The molecule has 1 saturated heterocycles. The summed E-state index contributed by atoms with van der Waals surface area (Å²) in [6.07, 6.45) is 5.00. The van der Waals surface area contributed by atoms with Crippen molar-refractivity contribution in [2.75, 3.05) is 18.4 Å². The summed E-state index contributed by atoms with van der Waals surface area (Å²) >= 11 is 1.55. The molecular weight excluding hydrogens is 368 g/mol. The molecule has 1 aromatic carbocycles. The highest BCUT2D eigenvalue weighted by Crippen LogP contribution is 2.24. The maximum absolute atomic E-state index is 12.7. The zero-order valence-corrected chi connectivity index (χ0v) is 16.2. The average Bonchev–Trinajstić information content (AvgIpc) is 3.14. The van der Waals surface area contributed by atoms with E-state index in [0.29, 0.717) is 24.7 Å². The summed E-state index contributed by atoms with van der Waals surface area (Å²) < 4.78 is 26.9. The van der Waals surface area contributed by atoms with E-state index in [4.69, 9.17) is 0 Å². The summed E-state index contributed by atoms with van der Waals surface area (Å²) in [5.74, 6) is 0.320. The molecule has 1 aromatic heterocycles. The van der Waals surface area contributed by atoms with Gasteiger partial charge in [0.2, 0.25) is 15.9 Å². The average molecular weight is 391 g/mol. The van der Waals surface area contributed by atoms with Crippen LogP contribution in [0.3, 0.4) is 0 Å². The van der Waals surface area contributed by atoms with Gasteiger partial charge in [-0.2, -0.15) is 4.31 Å². The molecule has 1 aliphatic heterocycles. The molecule has 0 bridgehead atoms. The second kappa shape index (κ2) is 8.16.